The van der Waals surface area contributed by atoms with E-state index >= 15 is 0 Å². The third-order valence-corrected chi connectivity index (χ3v) is 2.08. The fourth-order valence-electron chi connectivity index (χ4n) is 1.23. The molecule has 17 heavy (non-hydrogen) atoms. The van der Waals surface area contributed by atoms with E-state index in [9.17, 15) is 4.79 Å². The fraction of sp³-hybridized carbons (Fsp3) is 0.0909. The summed E-state index contributed by atoms with van der Waals surface area (Å²) in [6, 6.07) is 4.63. The summed E-state index contributed by atoms with van der Waals surface area (Å²) in [5.74, 6) is -0.198. The molecule has 0 atom stereocenters. The van der Waals surface area contributed by atoms with E-state index in [0.29, 0.717) is 17.4 Å². The minimum absolute atomic E-state index is 0.122. The van der Waals surface area contributed by atoms with Crippen LogP contribution in [0.3, 0.4) is 0 Å². The van der Waals surface area contributed by atoms with Gasteiger partial charge in [0, 0.05) is 18.5 Å². The Morgan fingerprint density at radius 2 is 2.12 bits per heavy atom. The fourth-order valence-corrected chi connectivity index (χ4v) is 1.23. The predicted molar refractivity (Wildman–Crippen MR) is 58.8 cm³/mol. The van der Waals surface area contributed by atoms with E-state index in [-0.39, 0.29) is 5.56 Å². The van der Waals surface area contributed by atoms with Crippen molar-refractivity contribution in [3.8, 4) is 17.4 Å². The SMILES string of the molecule is COc1ccnc(-c2ccc(C(=O)O)cn2)n1. The van der Waals surface area contributed by atoms with Crippen molar-refractivity contribution in [1.29, 1.82) is 0 Å². The Balaban J connectivity index is 2.36. The first kappa shape index (κ1) is 11.0. The summed E-state index contributed by atoms with van der Waals surface area (Å²) in [6.45, 7) is 0. The number of aromatic nitrogens is 3. The van der Waals surface area contributed by atoms with Crippen LogP contribution < -0.4 is 4.74 Å². The molecule has 0 aromatic carbocycles. The van der Waals surface area contributed by atoms with Crippen LogP contribution >= 0.6 is 0 Å². The molecular weight excluding hydrogens is 222 g/mol. The first-order chi connectivity index (χ1) is 8.20. The van der Waals surface area contributed by atoms with Crippen LogP contribution in [0.25, 0.3) is 11.5 Å². The summed E-state index contributed by atoms with van der Waals surface area (Å²) in [5, 5.41) is 8.74. The predicted octanol–water partition coefficient (Wildman–Crippen LogP) is 1.25. The number of aromatic carboxylic acids is 1. The van der Waals surface area contributed by atoms with Crippen molar-refractivity contribution in [1.82, 2.24) is 15.0 Å². The van der Waals surface area contributed by atoms with E-state index in [1.807, 2.05) is 0 Å². The van der Waals surface area contributed by atoms with Crippen molar-refractivity contribution in [2.45, 2.75) is 0 Å². The zero-order chi connectivity index (χ0) is 12.3. The van der Waals surface area contributed by atoms with E-state index in [0.717, 1.165) is 0 Å². The molecule has 2 aromatic rings. The molecule has 0 aliphatic carbocycles. The summed E-state index contributed by atoms with van der Waals surface area (Å²) in [4.78, 5) is 22.8. The number of carboxylic acids is 1. The summed E-state index contributed by atoms with van der Waals surface area (Å²) < 4.78 is 4.97. The van der Waals surface area contributed by atoms with Gasteiger partial charge in [-0.15, -0.1) is 0 Å². The normalized spacial score (nSPS) is 9.94. The van der Waals surface area contributed by atoms with Crippen LogP contribution in [0.1, 0.15) is 10.4 Å². The topological polar surface area (TPSA) is 85.2 Å². The van der Waals surface area contributed by atoms with Gasteiger partial charge in [0.05, 0.1) is 12.7 Å². The lowest BCUT2D eigenvalue weighted by Gasteiger charge is -2.02. The van der Waals surface area contributed by atoms with Crippen molar-refractivity contribution < 1.29 is 14.6 Å². The second-order valence-corrected chi connectivity index (χ2v) is 3.16. The summed E-state index contributed by atoms with van der Waals surface area (Å²) in [5.41, 5.74) is 0.616. The number of carboxylic acid groups (broad SMARTS) is 1. The molecule has 0 saturated heterocycles. The number of carbonyl (C=O) groups is 1. The van der Waals surface area contributed by atoms with Gasteiger partial charge in [0.15, 0.2) is 5.82 Å². The summed E-state index contributed by atoms with van der Waals surface area (Å²) in [6.07, 6.45) is 2.81. The molecule has 0 bridgehead atoms. The Labute approximate surface area is 96.9 Å². The standard InChI is InChI=1S/C11H9N3O3/c1-17-9-4-5-12-10(14-9)8-3-2-7(6-13-8)11(15)16/h2-6H,1H3,(H,15,16). The van der Waals surface area contributed by atoms with Crippen molar-refractivity contribution in [2.75, 3.05) is 7.11 Å². The minimum Gasteiger partial charge on any atom is -0.481 e. The number of methoxy groups -OCH3 is 1. The van der Waals surface area contributed by atoms with E-state index in [2.05, 4.69) is 15.0 Å². The van der Waals surface area contributed by atoms with Crippen LogP contribution in [0.2, 0.25) is 0 Å². The van der Waals surface area contributed by atoms with Gasteiger partial charge >= 0.3 is 5.97 Å². The molecule has 2 aromatic heterocycles. The van der Waals surface area contributed by atoms with Gasteiger partial charge in [-0.05, 0) is 12.1 Å². The van der Waals surface area contributed by atoms with Gasteiger partial charge in [0.25, 0.3) is 0 Å². The number of rotatable bonds is 3. The van der Waals surface area contributed by atoms with Crippen molar-refractivity contribution in [3.05, 3.63) is 36.2 Å². The highest BCUT2D eigenvalue weighted by Gasteiger charge is 2.07. The van der Waals surface area contributed by atoms with Crippen molar-refractivity contribution in [2.24, 2.45) is 0 Å². The number of pyridine rings is 1. The quantitative estimate of drug-likeness (QED) is 0.855. The average Bonchev–Trinajstić information content (AvgIpc) is 2.39. The molecule has 6 nitrogen and oxygen atoms in total. The van der Waals surface area contributed by atoms with Gasteiger partial charge in [0.1, 0.15) is 5.69 Å². The molecule has 0 aliphatic heterocycles. The van der Waals surface area contributed by atoms with Crippen LogP contribution in [0.4, 0.5) is 0 Å². The number of ether oxygens (including phenoxy) is 1. The third-order valence-electron chi connectivity index (χ3n) is 2.08. The van der Waals surface area contributed by atoms with Gasteiger partial charge in [-0.1, -0.05) is 0 Å². The molecule has 2 rings (SSSR count). The van der Waals surface area contributed by atoms with Crippen LogP contribution in [0, 0.1) is 0 Å². The maximum atomic E-state index is 10.7. The lowest BCUT2D eigenvalue weighted by molar-refractivity contribution is 0.0696. The van der Waals surface area contributed by atoms with E-state index in [4.69, 9.17) is 9.84 Å². The maximum Gasteiger partial charge on any atom is 0.337 e. The Morgan fingerprint density at radius 1 is 1.29 bits per heavy atom. The highest BCUT2D eigenvalue weighted by atomic mass is 16.5. The molecular formula is C11H9N3O3. The first-order valence-electron chi connectivity index (χ1n) is 4.77. The van der Waals surface area contributed by atoms with Gasteiger partial charge in [-0.2, -0.15) is 4.98 Å². The largest absolute Gasteiger partial charge is 0.481 e. The Kier molecular flexibility index (Phi) is 2.95. The molecule has 0 saturated carbocycles. The van der Waals surface area contributed by atoms with E-state index < -0.39 is 5.97 Å². The molecule has 0 amide bonds. The minimum atomic E-state index is -1.02. The maximum absolute atomic E-state index is 10.7. The zero-order valence-electron chi connectivity index (χ0n) is 8.99. The number of hydrogen-bond acceptors (Lipinski definition) is 5. The Bertz CT molecular complexity index is 540. The molecule has 86 valence electrons. The number of hydrogen-bond donors (Lipinski definition) is 1. The highest BCUT2D eigenvalue weighted by Crippen LogP contribution is 2.14. The molecule has 0 unspecified atom stereocenters. The summed E-state index contributed by atoms with van der Waals surface area (Å²) >= 11 is 0. The Hall–Kier alpha value is -2.50. The van der Waals surface area contributed by atoms with Gasteiger partial charge in [0.2, 0.25) is 5.88 Å². The molecule has 0 aliphatic rings. The lowest BCUT2D eigenvalue weighted by Crippen LogP contribution is -1.99. The second kappa shape index (κ2) is 4.56. The van der Waals surface area contributed by atoms with Crippen LogP contribution in [-0.4, -0.2) is 33.1 Å². The molecule has 0 radical (unpaired) electrons. The molecule has 1 N–H and O–H groups in total. The van der Waals surface area contributed by atoms with Gasteiger partial charge < -0.3 is 9.84 Å². The van der Waals surface area contributed by atoms with Crippen LogP contribution in [-0.2, 0) is 0 Å². The third kappa shape index (κ3) is 2.36. The Morgan fingerprint density at radius 3 is 2.71 bits per heavy atom. The van der Waals surface area contributed by atoms with Crippen LogP contribution in [0.15, 0.2) is 30.6 Å². The van der Waals surface area contributed by atoms with E-state index in [1.165, 1.54) is 19.4 Å². The zero-order valence-corrected chi connectivity index (χ0v) is 8.99. The van der Waals surface area contributed by atoms with Crippen molar-refractivity contribution in [3.63, 3.8) is 0 Å². The molecule has 2 heterocycles. The molecule has 0 spiro atoms. The van der Waals surface area contributed by atoms with Gasteiger partial charge in [-0.3, -0.25) is 4.98 Å². The van der Waals surface area contributed by atoms with Crippen molar-refractivity contribution >= 4 is 5.97 Å². The second-order valence-electron chi connectivity index (χ2n) is 3.16. The lowest BCUT2D eigenvalue weighted by atomic mass is 10.2. The monoisotopic (exact) mass is 231 g/mol. The highest BCUT2D eigenvalue weighted by molar-refractivity contribution is 5.87. The first-order valence-corrected chi connectivity index (χ1v) is 4.77. The molecule has 0 fully saturated rings. The summed E-state index contributed by atoms with van der Waals surface area (Å²) in [7, 11) is 1.51. The van der Waals surface area contributed by atoms with E-state index in [1.54, 1.807) is 18.3 Å². The van der Waals surface area contributed by atoms with Crippen LogP contribution in [0.5, 0.6) is 5.88 Å². The smallest absolute Gasteiger partial charge is 0.337 e. The molecule has 6 heteroatoms. The number of nitrogens with zero attached hydrogens (tertiary/aromatic N) is 3. The van der Waals surface area contributed by atoms with Gasteiger partial charge in [-0.25, -0.2) is 9.78 Å². The average molecular weight is 231 g/mol.